The Labute approximate surface area is 142 Å². The molecule has 0 amide bonds. The smallest absolute Gasteiger partial charge is 0.231 e. The van der Waals surface area contributed by atoms with Crippen LogP contribution < -0.4 is 9.47 Å². The van der Waals surface area contributed by atoms with Gasteiger partial charge in [-0.25, -0.2) is 0 Å². The van der Waals surface area contributed by atoms with Gasteiger partial charge in [-0.15, -0.1) is 0 Å². The van der Waals surface area contributed by atoms with Gasteiger partial charge in [-0.2, -0.15) is 0 Å². The zero-order valence-electron chi connectivity index (χ0n) is 14.7. The molecule has 130 valence electrons. The molecule has 0 saturated heterocycles. The summed E-state index contributed by atoms with van der Waals surface area (Å²) in [6.45, 7) is 4.34. The second kappa shape index (κ2) is 5.48. The molecule has 24 heavy (non-hydrogen) atoms. The van der Waals surface area contributed by atoms with Crippen LogP contribution in [0.25, 0.3) is 0 Å². The molecule has 3 aliphatic rings. The number of rotatable bonds is 2. The molecule has 5 nitrogen and oxygen atoms in total. The van der Waals surface area contributed by atoms with E-state index in [1.807, 2.05) is 6.92 Å². The molecule has 5 atom stereocenters. The van der Waals surface area contributed by atoms with Gasteiger partial charge in [-0.05, 0) is 50.6 Å². The summed E-state index contributed by atoms with van der Waals surface area (Å²) in [5.41, 5.74) is 1.87. The minimum atomic E-state index is -0.523. The average Bonchev–Trinajstić information content (AvgIpc) is 3.05. The monoisotopic (exact) mass is 331 g/mol. The lowest BCUT2D eigenvalue weighted by Crippen LogP contribution is -2.60. The van der Waals surface area contributed by atoms with Crippen LogP contribution in [0.4, 0.5) is 0 Å². The van der Waals surface area contributed by atoms with Crippen LogP contribution in [-0.2, 0) is 10.2 Å². The molecule has 1 unspecified atom stereocenters. The van der Waals surface area contributed by atoms with E-state index in [1.165, 1.54) is 5.56 Å². The van der Waals surface area contributed by atoms with Gasteiger partial charge >= 0.3 is 0 Å². The maximum atomic E-state index is 10.8. The molecule has 5 heteroatoms. The molecule has 1 aromatic rings. The summed E-state index contributed by atoms with van der Waals surface area (Å²) in [6, 6.07) is 4.54. The van der Waals surface area contributed by atoms with E-state index in [1.54, 1.807) is 7.11 Å². The number of nitrogens with zero attached hydrogens (tertiary/aromatic N) is 1. The summed E-state index contributed by atoms with van der Waals surface area (Å²) in [5.74, 6) is 1.56. The molecular formula is C19H25NO4. The molecule has 1 aliphatic carbocycles. The van der Waals surface area contributed by atoms with Crippen molar-refractivity contribution >= 4 is 0 Å². The predicted molar refractivity (Wildman–Crippen MR) is 90.4 cm³/mol. The molecule has 1 aromatic carbocycles. The van der Waals surface area contributed by atoms with Crippen molar-refractivity contribution in [2.75, 3.05) is 21.0 Å². The third-order valence-corrected chi connectivity index (χ3v) is 6.15. The second-order valence-corrected chi connectivity index (χ2v) is 7.13. The number of fused-ring (bicyclic) bond motifs is 4. The van der Waals surface area contributed by atoms with E-state index in [0.717, 1.165) is 23.5 Å². The maximum absolute atomic E-state index is 10.8. The molecule has 0 spiro atoms. The normalized spacial score (nSPS) is 35.5. The van der Waals surface area contributed by atoms with Crippen LogP contribution in [-0.4, -0.2) is 49.2 Å². The van der Waals surface area contributed by atoms with Crippen LogP contribution in [0.1, 0.15) is 37.4 Å². The highest BCUT2D eigenvalue weighted by Crippen LogP contribution is 2.52. The second-order valence-electron chi connectivity index (χ2n) is 7.13. The molecule has 0 saturated carbocycles. The van der Waals surface area contributed by atoms with E-state index in [-0.39, 0.29) is 25.0 Å². The van der Waals surface area contributed by atoms with Gasteiger partial charge in [0.15, 0.2) is 11.5 Å². The van der Waals surface area contributed by atoms with Crippen molar-refractivity contribution in [2.24, 2.45) is 0 Å². The van der Waals surface area contributed by atoms with E-state index in [4.69, 9.17) is 14.2 Å². The van der Waals surface area contributed by atoms with Crippen molar-refractivity contribution in [1.82, 2.24) is 4.90 Å². The number of hydrogen-bond acceptors (Lipinski definition) is 5. The Morgan fingerprint density at radius 2 is 2.04 bits per heavy atom. The van der Waals surface area contributed by atoms with Crippen LogP contribution >= 0.6 is 0 Å². The van der Waals surface area contributed by atoms with Gasteiger partial charge in [0.1, 0.15) is 0 Å². The van der Waals surface area contributed by atoms with Gasteiger partial charge in [-0.3, -0.25) is 4.90 Å². The van der Waals surface area contributed by atoms with Crippen LogP contribution in [0, 0.1) is 0 Å². The number of methoxy groups -OCH3 is 1. The van der Waals surface area contributed by atoms with Gasteiger partial charge in [-0.1, -0.05) is 12.2 Å². The molecule has 1 N–H and O–H groups in total. The number of hydrogen-bond donors (Lipinski definition) is 1. The topological polar surface area (TPSA) is 51.2 Å². The van der Waals surface area contributed by atoms with Crippen LogP contribution in [0.5, 0.6) is 11.5 Å². The minimum Gasteiger partial charge on any atom is -0.454 e. The highest BCUT2D eigenvalue weighted by atomic mass is 16.7. The van der Waals surface area contributed by atoms with E-state index < -0.39 is 11.5 Å². The van der Waals surface area contributed by atoms with E-state index in [0.29, 0.717) is 0 Å². The maximum Gasteiger partial charge on any atom is 0.231 e. The Balaban J connectivity index is 1.96. The first-order valence-corrected chi connectivity index (χ1v) is 8.55. The highest BCUT2D eigenvalue weighted by Gasteiger charge is 2.53. The van der Waals surface area contributed by atoms with Gasteiger partial charge in [0.2, 0.25) is 6.79 Å². The van der Waals surface area contributed by atoms with Crippen LogP contribution in [0.15, 0.2) is 24.3 Å². The SMILES string of the molecule is CO[C@@H]1C=C[C@]2([C@H](C)O)c3cc4c(cc3C(C)N(C)[C@H]2C1)OCO4. The number of likely N-dealkylation sites (N-methyl/N-ethyl adjacent to an activating group) is 1. The van der Waals surface area contributed by atoms with Crippen LogP contribution in [0.3, 0.4) is 0 Å². The molecule has 0 bridgehead atoms. The first kappa shape index (κ1) is 15.9. The molecule has 2 aliphatic heterocycles. The van der Waals surface area contributed by atoms with Crippen molar-refractivity contribution < 1.29 is 19.3 Å². The van der Waals surface area contributed by atoms with Gasteiger partial charge in [0, 0.05) is 19.2 Å². The number of benzene rings is 1. The molecular weight excluding hydrogens is 306 g/mol. The fourth-order valence-electron chi connectivity index (χ4n) is 4.63. The van der Waals surface area contributed by atoms with E-state index >= 15 is 0 Å². The van der Waals surface area contributed by atoms with E-state index in [9.17, 15) is 5.11 Å². The molecule has 2 heterocycles. The van der Waals surface area contributed by atoms with Crippen molar-refractivity contribution in [1.29, 1.82) is 0 Å². The number of aliphatic hydroxyl groups excluding tert-OH is 1. The lowest BCUT2D eigenvalue weighted by Gasteiger charge is -2.55. The van der Waals surface area contributed by atoms with Crippen molar-refractivity contribution in [3.8, 4) is 11.5 Å². The summed E-state index contributed by atoms with van der Waals surface area (Å²) in [4.78, 5) is 2.35. The number of aliphatic hydroxyl groups is 1. The van der Waals surface area contributed by atoms with Gasteiger partial charge in [0.25, 0.3) is 0 Å². The Morgan fingerprint density at radius 1 is 1.33 bits per heavy atom. The average molecular weight is 331 g/mol. The molecule has 0 radical (unpaired) electrons. The Kier molecular flexibility index (Phi) is 3.64. The fraction of sp³-hybridized carbons (Fsp3) is 0.579. The lowest BCUT2D eigenvalue weighted by molar-refractivity contribution is -0.0104. The lowest BCUT2D eigenvalue weighted by atomic mass is 9.61. The quantitative estimate of drug-likeness (QED) is 0.843. The standard InChI is InChI=1S/C19H25NO4/c1-11-14-8-16-17(24-10-23-16)9-15(14)19(12(2)21)6-5-13(22-4)7-18(19)20(11)3/h5-6,8-9,11-13,18,21H,7,10H2,1-4H3/t11?,12-,13+,18-,19-/m0/s1. The zero-order valence-corrected chi connectivity index (χ0v) is 14.7. The van der Waals surface area contributed by atoms with Crippen LogP contribution in [0.2, 0.25) is 0 Å². The summed E-state index contributed by atoms with van der Waals surface area (Å²) >= 11 is 0. The van der Waals surface area contributed by atoms with Crippen molar-refractivity contribution in [3.05, 3.63) is 35.4 Å². The summed E-state index contributed by atoms with van der Waals surface area (Å²) in [5, 5.41) is 10.8. The first-order chi connectivity index (χ1) is 11.5. The van der Waals surface area contributed by atoms with Gasteiger partial charge < -0.3 is 19.3 Å². The third kappa shape index (κ3) is 1.98. The first-order valence-electron chi connectivity index (χ1n) is 8.55. The Morgan fingerprint density at radius 3 is 2.71 bits per heavy atom. The molecule has 0 fully saturated rings. The summed E-state index contributed by atoms with van der Waals surface area (Å²) in [6.07, 6.45) is 4.63. The Hall–Kier alpha value is -1.56. The minimum absolute atomic E-state index is 0.0760. The summed E-state index contributed by atoms with van der Waals surface area (Å²) < 4.78 is 16.7. The predicted octanol–water partition coefficient (Wildman–Crippen LogP) is 2.38. The fourth-order valence-corrected chi connectivity index (χ4v) is 4.63. The third-order valence-electron chi connectivity index (χ3n) is 6.15. The van der Waals surface area contributed by atoms with Crippen molar-refractivity contribution in [2.45, 2.75) is 50.0 Å². The van der Waals surface area contributed by atoms with Gasteiger partial charge in [0.05, 0.1) is 17.6 Å². The largest absolute Gasteiger partial charge is 0.454 e. The summed E-state index contributed by atoms with van der Waals surface area (Å²) in [7, 11) is 3.87. The zero-order chi connectivity index (χ0) is 17.1. The Bertz CT molecular complexity index is 686. The molecule has 0 aromatic heterocycles. The van der Waals surface area contributed by atoms with Crippen molar-refractivity contribution in [3.63, 3.8) is 0 Å². The highest BCUT2D eigenvalue weighted by molar-refractivity contribution is 5.56. The number of ether oxygens (including phenoxy) is 3. The van der Waals surface area contributed by atoms with E-state index in [2.05, 4.69) is 43.2 Å². The molecule has 4 rings (SSSR count).